The number of rotatable bonds is 11. The predicted octanol–water partition coefficient (Wildman–Crippen LogP) is 4.12. The maximum absolute atomic E-state index is 12.6. The number of hydrogen-bond acceptors (Lipinski definition) is 4. The van der Waals surface area contributed by atoms with Crippen LogP contribution in [0.25, 0.3) is 0 Å². The van der Waals surface area contributed by atoms with Crippen LogP contribution in [-0.4, -0.2) is 31.5 Å². The zero-order valence-electron chi connectivity index (χ0n) is 15.8. The van der Waals surface area contributed by atoms with E-state index < -0.39 is 10.1 Å². The van der Waals surface area contributed by atoms with Gasteiger partial charge in [-0.15, -0.1) is 0 Å². The van der Waals surface area contributed by atoms with Crippen LogP contribution in [0.1, 0.15) is 64.9 Å². The van der Waals surface area contributed by atoms with E-state index in [0.29, 0.717) is 13.0 Å². The van der Waals surface area contributed by atoms with Crippen LogP contribution in [-0.2, 0) is 21.5 Å². The number of unbranched alkanes of at least 4 members (excludes halogenated alkanes) is 3. The first-order valence-electron chi connectivity index (χ1n) is 9.04. The Balaban J connectivity index is 2.72. The lowest BCUT2D eigenvalue weighted by Gasteiger charge is -2.29. The third kappa shape index (κ3) is 8.38. The van der Waals surface area contributed by atoms with Gasteiger partial charge in [-0.05, 0) is 37.5 Å². The molecule has 6 heteroatoms. The minimum absolute atomic E-state index is 0.172. The summed E-state index contributed by atoms with van der Waals surface area (Å²) in [5.41, 5.74) is 0.961. The molecule has 1 aromatic carbocycles. The normalized spacial score (nSPS) is 12.6. The van der Waals surface area contributed by atoms with Gasteiger partial charge in [-0.2, -0.15) is 8.42 Å². The average Bonchev–Trinajstić information content (AvgIpc) is 2.55. The lowest BCUT2D eigenvalue weighted by molar-refractivity contribution is -0.134. The van der Waals surface area contributed by atoms with Crippen molar-refractivity contribution < 1.29 is 17.4 Å². The Morgan fingerprint density at radius 2 is 1.76 bits per heavy atom. The van der Waals surface area contributed by atoms with E-state index in [1.54, 1.807) is 24.3 Å². The van der Waals surface area contributed by atoms with Gasteiger partial charge in [0, 0.05) is 19.0 Å². The van der Waals surface area contributed by atoms with Crippen molar-refractivity contribution in [3.8, 4) is 5.75 Å². The molecule has 0 aliphatic rings. The quantitative estimate of drug-likeness (QED) is 0.435. The highest BCUT2D eigenvalue weighted by Crippen LogP contribution is 2.18. The van der Waals surface area contributed by atoms with Crippen LogP contribution in [0.5, 0.6) is 5.75 Å². The largest absolute Gasteiger partial charge is 0.383 e. The molecule has 0 N–H and O–H groups in total. The van der Waals surface area contributed by atoms with Gasteiger partial charge in [-0.3, -0.25) is 4.79 Å². The number of benzene rings is 1. The maximum Gasteiger partial charge on any atom is 0.306 e. The Labute approximate surface area is 152 Å². The van der Waals surface area contributed by atoms with E-state index in [0.717, 1.165) is 37.5 Å². The molecule has 0 unspecified atom stereocenters. The molecule has 0 heterocycles. The first-order chi connectivity index (χ1) is 11.8. The van der Waals surface area contributed by atoms with E-state index in [9.17, 15) is 13.2 Å². The molecule has 0 saturated carbocycles. The van der Waals surface area contributed by atoms with Crippen molar-refractivity contribution in [3.05, 3.63) is 29.8 Å². The smallest absolute Gasteiger partial charge is 0.306 e. The second-order valence-corrected chi connectivity index (χ2v) is 8.10. The molecule has 0 aromatic heterocycles. The molecule has 0 spiro atoms. The summed E-state index contributed by atoms with van der Waals surface area (Å²) < 4.78 is 27.2. The second kappa shape index (κ2) is 10.4. The number of nitrogens with zero attached hydrogens (tertiary/aromatic N) is 1. The van der Waals surface area contributed by atoms with E-state index in [1.807, 2.05) is 4.90 Å². The van der Waals surface area contributed by atoms with Gasteiger partial charge in [0.2, 0.25) is 5.91 Å². The van der Waals surface area contributed by atoms with Crippen molar-refractivity contribution in [2.24, 2.45) is 0 Å². The third-order valence-electron chi connectivity index (χ3n) is 4.21. The summed E-state index contributed by atoms with van der Waals surface area (Å²) in [6, 6.07) is 7.03. The zero-order chi connectivity index (χ0) is 18.9. The summed E-state index contributed by atoms with van der Waals surface area (Å²) >= 11 is 0. The Morgan fingerprint density at radius 1 is 1.12 bits per heavy atom. The molecule has 1 atom stereocenters. The highest BCUT2D eigenvalue weighted by Gasteiger charge is 2.19. The molecular formula is C19H31NO4S. The van der Waals surface area contributed by atoms with Gasteiger partial charge in [0.25, 0.3) is 0 Å². The van der Waals surface area contributed by atoms with Crippen LogP contribution in [0.15, 0.2) is 24.3 Å². The average molecular weight is 370 g/mol. The number of hydrogen-bond donors (Lipinski definition) is 0. The molecule has 0 aliphatic heterocycles. The van der Waals surface area contributed by atoms with Crippen molar-refractivity contribution in [1.82, 2.24) is 4.90 Å². The lowest BCUT2D eigenvalue weighted by Crippen LogP contribution is -2.37. The van der Waals surface area contributed by atoms with Crippen LogP contribution < -0.4 is 4.18 Å². The van der Waals surface area contributed by atoms with Gasteiger partial charge in [0.1, 0.15) is 5.75 Å². The number of carbonyl (C=O) groups excluding carboxylic acids is 1. The minimum atomic E-state index is -3.52. The van der Waals surface area contributed by atoms with E-state index in [-0.39, 0.29) is 17.7 Å². The maximum atomic E-state index is 12.6. The van der Waals surface area contributed by atoms with E-state index in [4.69, 9.17) is 4.18 Å². The fraction of sp³-hybridized carbons (Fsp3) is 0.632. The van der Waals surface area contributed by atoms with Gasteiger partial charge >= 0.3 is 10.1 Å². The van der Waals surface area contributed by atoms with Crippen molar-refractivity contribution >= 4 is 16.0 Å². The monoisotopic (exact) mass is 369 g/mol. The first kappa shape index (κ1) is 21.5. The number of amides is 1. The third-order valence-corrected chi connectivity index (χ3v) is 4.71. The summed E-state index contributed by atoms with van der Waals surface area (Å²) in [5.74, 6) is 0.467. The van der Waals surface area contributed by atoms with Crippen LogP contribution in [0, 0.1) is 0 Å². The molecule has 142 valence electrons. The minimum Gasteiger partial charge on any atom is -0.383 e. The first-order valence-corrected chi connectivity index (χ1v) is 10.9. The summed E-state index contributed by atoms with van der Waals surface area (Å²) in [6.07, 6.45) is 6.84. The molecular weight excluding hydrogens is 338 g/mol. The van der Waals surface area contributed by atoms with E-state index >= 15 is 0 Å². The molecule has 0 saturated heterocycles. The second-order valence-electron chi connectivity index (χ2n) is 6.52. The van der Waals surface area contributed by atoms with E-state index in [1.165, 1.54) is 6.42 Å². The molecule has 25 heavy (non-hydrogen) atoms. The Kier molecular flexibility index (Phi) is 8.97. The fourth-order valence-electron chi connectivity index (χ4n) is 2.58. The molecule has 5 nitrogen and oxygen atoms in total. The molecule has 1 aromatic rings. The van der Waals surface area contributed by atoms with Gasteiger partial charge in [-0.1, -0.05) is 45.2 Å². The molecule has 1 amide bonds. The van der Waals surface area contributed by atoms with Crippen LogP contribution in [0.4, 0.5) is 0 Å². The highest BCUT2D eigenvalue weighted by atomic mass is 32.2. The topological polar surface area (TPSA) is 63.7 Å². The molecule has 1 rings (SSSR count). The van der Waals surface area contributed by atoms with E-state index in [2.05, 4.69) is 20.8 Å². The Hall–Kier alpha value is -1.56. The Morgan fingerprint density at radius 3 is 2.28 bits per heavy atom. The van der Waals surface area contributed by atoms with Gasteiger partial charge in [-0.25, -0.2) is 0 Å². The highest BCUT2D eigenvalue weighted by molar-refractivity contribution is 7.86. The number of carbonyl (C=O) groups is 1. The fourth-order valence-corrected chi connectivity index (χ4v) is 3.04. The summed E-state index contributed by atoms with van der Waals surface area (Å²) in [6.45, 7) is 6.82. The molecule has 0 bridgehead atoms. The molecule has 0 aliphatic carbocycles. The summed E-state index contributed by atoms with van der Waals surface area (Å²) in [4.78, 5) is 14.5. The van der Waals surface area contributed by atoms with Crippen molar-refractivity contribution in [1.29, 1.82) is 0 Å². The van der Waals surface area contributed by atoms with Crippen molar-refractivity contribution in [3.63, 3.8) is 0 Å². The van der Waals surface area contributed by atoms with Crippen LogP contribution >= 0.6 is 0 Å². The van der Waals surface area contributed by atoms with Gasteiger partial charge < -0.3 is 9.08 Å². The van der Waals surface area contributed by atoms with Crippen LogP contribution in [0.2, 0.25) is 0 Å². The lowest BCUT2D eigenvalue weighted by atomic mass is 10.1. The predicted molar refractivity (Wildman–Crippen MR) is 101 cm³/mol. The van der Waals surface area contributed by atoms with Gasteiger partial charge in [0.05, 0.1) is 6.26 Å². The Bertz CT molecular complexity index is 625. The van der Waals surface area contributed by atoms with Crippen molar-refractivity contribution in [2.45, 2.75) is 71.9 Å². The molecule has 0 radical (unpaired) electrons. The summed E-state index contributed by atoms with van der Waals surface area (Å²) in [7, 11) is -3.52. The SMILES string of the molecule is CCCCCCC(=O)N(Cc1ccc(OS(C)(=O)=O)cc1)[C@H](C)CC. The van der Waals surface area contributed by atoms with Crippen molar-refractivity contribution in [2.75, 3.05) is 6.26 Å². The summed E-state index contributed by atoms with van der Waals surface area (Å²) in [5, 5.41) is 0. The standard InChI is InChI=1S/C19H31NO4S/c1-5-7-8-9-10-19(21)20(16(3)6-2)15-17-11-13-18(14-12-17)24-25(4,22)23/h11-14,16H,5-10,15H2,1-4H3/t16-/m1/s1. The molecule has 0 fully saturated rings. The van der Waals surface area contributed by atoms with Crippen LogP contribution in [0.3, 0.4) is 0 Å². The van der Waals surface area contributed by atoms with Gasteiger partial charge in [0.15, 0.2) is 0 Å². The zero-order valence-corrected chi connectivity index (χ0v) is 16.6.